The Labute approximate surface area is 120 Å². The Kier molecular flexibility index (Phi) is 3.83. The number of Topliss-reactive ketones (excluding diaryl/α,β-unsaturated/α-hetero) is 2. The van der Waals surface area contributed by atoms with Gasteiger partial charge in [-0.05, 0) is 29.9 Å². The monoisotopic (exact) mass is 274 g/mol. The molecule has 0 aliphatic heterocycles. The second kappa shape index (κ2) is 5.13. The minimum atomic E-state index is -0.944. The van der Waals surface area contributed by atoms with E-state index in [0.29, 0.717) is 19.3 Å². The van der Waals surface area contributed by atoms with Crippen LogP contribution >= 0.6 is 0 Å². The molecule has 0 aromatic heterocycles. The molecule has 0 amide bonds. The van der Waals surface area contributed by atoms with Crippen LogP contribution in [-0.2, 0) is 22.6 Å². The van der Waals surface area contributed by atoms with Crippen LogP contribution in [0.4, 0.5) is 0 Å². The van der Waals surface area contributed by atoms with Crippen molar-refractivity contribution in [2.24, 2.45) is 10.8 Å². The molecule has 0 heterocycles. The normalized spacial score (nSPS) is 21.0. The van der Waals surface area contributed by atoms with Crippen LogP contribution in [0.25, 0.3) is 0 Å². The van der Waals surface area contributed by atoms with Crippen molar-refractivity contribution < 1.29 is 14.7 Å². The van der Waals surface area contributed by atoms with Crippen molar-refractivity contribution >= 4 is 11.6 Å². The second-order valence-corrected chi connectivity index (χ2v) is 6.80. The van der Waals surface area contributed by atoms with Gasteiger partial charge in [0.15, 0.2) is 0 Å². The second-order valence-electron chi connectivity index (χ2n) is 6.80. The van der Waals surface area contributed by atoms with Gasteiger partial charge in [0.1, 0.15) is 11.6 Å². The molecule has 1 aromatic rings. The first kappa shape index (κ1) is 14.9. The van der Waals surface area contributed by atoms with E-state index in [-0.39, 0.29) is 23.6 Å². The van der Waals surface area contributed by atoms with Crippen LogP contribution in [0.5, 0.6) is 0 Å². The number of hydrogen-bond acceptors (Lipinski definition) is 3. The number of carbonyl (C=O) groups is 2. The highest BCUT2D eigenvalue weighted by Gasteiger charge is 2.48. The van der Waals surface area contributed by atoms with E-state index >= 15 is 0 Å². The summed E-state index contributed by atoms with van der Waals surface area (Å²) in [7, 11) is 0. The molecule has 0 bridgehead atoms. The van der Waals surface area contributed by atoms with E-state index in [4.69, 9.17) is 0 Å². The third-order valence-corrected chi connectivity index (χ3v) is 4.34. The molecule has 0 radical (unpaired) electrons. The van der Waals surface area contributed by atoms with Gasteiger partial charge in [0.2, 0.25) is 0 Å². The summed E-state index contributed by atoms with van der Waals surface area (Å²) in [4.78, 5) is 24.9. The smallest absolute Gasteiger partial charge is 0.147 e. The maximum absolute atomic E-state index is 12.5. The lowest BCUT2D eigenvalue weighted by molar-refractivity contribution is -0.147. The summed E-state index contributed by atoms with van der Waals surface area (Å²) in [6.45, 7) is 5.61. The van der Waals surface area contributed by atoms with E-state index in [9.17, 15) is 14.7 Å². The predicted octanol–water partition coefficient (Wildman–Crippen LogP) is 2.69. The maximum Gasteiger partial charge on any atom is 0.147 e. The van der Waals surface area contributed by atoms with Crippen LogP contribution in [0.3, 0.4) is 0 Å². The predicted molar refractivity (Wildman–Crippen MR) is 77.2 cm³/mol. The zero-order valence-corrected chi connectivity index (χ0v) is 12.4. The molecule has 2 rings (SSSR count). The first-order valence-electron chi connectivity index (χ1n) is 7.03. The Bertz CT molecular complexity index is 523. The van der Waals surface area contributed by atoms with Crippen molar-refractivity contribution in [3.63, 3.8) is 0 Å². The SMILES string of the molecule is CC1(C)CC(=O)C(C)(Cc2ccccc2CO)C(=O)C1. The van der Waals surface area contributed by atoms with Crippen LogP contribution in [0.15, 0.2) is 24.3 Å². The van der Waals surface area contributed by atoms with Crippen molar-refractivity contribution in [1.82, 2.24) is 0 Å². The minimum absolute atomic E-state index is 0.0199. The number of rotatable bonds is 3. The van der Waals surface area contributed by atoms with Gasteiger partial charge in [0.25, 0.3) is 0 Å². The fourth-order valence-electron chi connectivity index (χ4n) is 2.94. The quantitative estimate of drug-likeness (QED) is 0.862. The summed E-state index contributed by atoms with van der Waals surface area (Å²) in [5.74, 6) is 0.0398. The summed E-state index contributed by atoms with van der Waals surface area (Å²) in [5.41, 5.74) is 0.503. The Balaban J connectivity index is 2.32. The Hall–Kier alpha value is -1.48. The largest absolute Gasteiger partial charge is 0.392 e. The van der Waals surface area contributed by atoms with Crippen molar-refractivity contribution in [3.8, 4) is 0 Å². The fourth-order valence-corrected chi connectivity index (χ4v) is 2.94. The van der Waals surface area contributed by atoms with Crippen molar-refractivity contribution in [3.05, 3.63) is 35.4 Å². The molecule has 20 heavy (non-hydrogen) atoms. The molecule has 3 nitrogen and oxygen atoms in total. The third kappa shape index (κ3) is 2.68. The van der Waals surface area contributed by atoms with Crippen molar-refractivity contribution in [2.75, 3.05) is 0 Å². The summed E-state index contributed by atoms with van der Waals surface area (Å²) in [5, 5.41) is 9.38. The van der Waals surface area contributed by atoms with E-state index in [0.717, 1.165) is 11.1 Å². The van der Waals surface area contributed by atoms with Gasteiger partial charge in [-0.2, -0.15) is 0 Å². The summed E-state index contributed by atoms with van der Waals surface area (Å²) >= 11 is 0. The van der Waals surface area contributed by atoms with Crippen molar-refractivity contribution in [2.45, 2.75) is 46.6 Å². The lowest BCUT2D eigenvalue weighted by atomic mass is 9.62. The summed E-state index contributed by atoms with van der Waals surface area (Å²) < 4.78 is 0. The molecule has 1 aromatic carbocycles. The highest BCUT2D eigenvalue weighted by molar-refractivity contribution is 6.09. The lowest BCUT2D eigenvalue weighted by Gasteiger charge is -2.38. The van der Waals surface area contributed by atoms with Crippen molar-refractivity contribution in [1.29, 1.82) is 0 Å². The average molecular weight is 274 g/mol. The van der Waals surface area contributed by atoms with Crippen LogP contribution < -0.4 is 0 Å². The fraction of sp³-hybridized carbons (Fsp3) is 0.529. The van der Waals surface area contributed by atoms with E-state index in [1.54, 1.807) is 6.92 Å². The van der Waals surface area contributed by atoms with Crippen LogP contribution in [0, 0.1) is 10.8 Å². The van der Waals surface area contributed by atoms with E-state index in [1.165, 1.54) is 0 Å². The minimum Gasteiger partial charge on any atom is -0.392 e. The molecule has 0 spiro atoms. The number of hydrogen-bond donors (Lipinski definition) is 1. The van der Waals surface area contributed by atoms with Gasteiger partial charge in [0.05, 0.1) is 12.0 Å². The Morgan fingerprint density at radius 3 is 2.00 bits per heavy atom. The zero-order valence-electron chi connectivity index (χ0n) is 12.4. The molecule has 1 saturated carbocycles. The van der Waals surface area contributed by atoms with Crippen LogP contribution in [-0.4, -0.2) is 16.7 Å². The topological polar surface area (TPSA) is 54.4 Å². The Morgan fingerprint density at radius 1 is 1.00 bits per heavy atom. The van der Waals surface area contributed by atoms with Crippen LogP contribution in [0.2, 0.25) is 0 Å². The molecule has 1 aliphatic rings. The van der Waals surface area contributed by atoms with Crippen LogP contribution in [0.1, 0.15) is 44.7 Å². The van der Waals surface area contributed by atoms with Gasteiger partial charge < -0.3 is 5.11 Å². The average Bonchev–Trinajstić information content (AvgIpc) is 2.36. The molecular weight excluding hydrogens is 252 g/mol. The van der Waals surface area contributed by atoms with Gasteiger partial charge in [0, 0.05) is 12.8 Å². The zero-order chi connectivity index (χ0) is 15.0. The highest BCUT2D eigenvalue weighted by Crippen LogP contribution is 2.42. The molecule has 1 aliphatic carbocycles. The number of ketones is 2. The molecule has 0 atom stereocenters. The van der Waals surface area contributed by atoms with Gasteiger partial charge in [-0.15, -0.1) is 0 Å². The van der Waals surface area contributed by atoms with E-state index in [2.05, 4.69) is 0 Å². The molecule has 1 N–H and O–H groups in total. The highest BCUT2D eigenvalue weighted by atomic mass is 16.3. The van der Waals surface area contributed by atoms with Gasteiger partial charge >= 0.3 is 0 Å². The van der Waals surface area contributed by atoms with E-state index in [1.807, 2.05) is 38.1 Å². The maximum atomic E-state index is 12.5. The van der Waals surface area contributed by atoms with Gasteiger partial charge in [-0.3, -0.25) is 9.59 Å². The molecule has 0 unspecified atom stereocenters. The number of aliphatic hydroxyl groups is 1. The first-order valence-corrected chi connectivity index (χ1v) is 7.03. The molecule has 1 fully saturated rings. The molecule has 3 heteroatoms. The summed E-state index contributed by atoms with van der Waals surface area (Å²) in [6, 6.07) is 7.45. The Morgan fingerprint density at radius 2 is 1.50 bits per heavy atom. The van der Waals surface area contributed by atoms with Gasteiger partial charge in [-0.25, -0.2) is 0 Å². The molecule has 108 valence electrons. The molecular formula is C17H22O3. The number of benzene rings is 1. The molecule has 0 saturated heterocycles. The summed E-state index contributed by atoms with van der Waals surface area (Å²) in [6.07, 6.45) is 1.27. The van der Waals surface area contributed by atoms with Gasteiger partial charge in [-0.1, -0.05) is 38.1 Å². The van der Waals surface area contributed by atoms with E-state index < -0.39 is 5.41 Å². The number of aliphatic hydroxyl groups excluding tert-OH is 1. The standard InChI is InChI=1S/C17H22O3/c1-16(2)9-14(19)17(3,15(20)10-16)8-12-6-4-5-7-13(12)11-18/h4-7,18H,8-11H2,1-3H3. The number of carbonyl (C=O) groups excluding carboxylic acids is 2. The lowest BCUT2D eigenvalue weighted by Crippen LogP contribution is -2.47. The first-order chi connectivity index (χ1) is 9.28. The third-order valence-electron chi connectivity index (χ3n) is 4.34.